The molecule has 1 saturated heterocycles. The van der Waals surface area contributed by atoms with Crippen molar-refractivity contribution >= 4 is 23.7 Å². The third-order valence-electron chi connectivity index (χ3n) is 4.33. The number of piperazine rings is 1. The first-order valence-corrected chi connectivity index (χ1v) is 9.72. The van der Waals surface area contributed by atoms with Crippen LogP contribution in [0.25, 0.3) is 6.08 Å². The highest BCUT2D eigenvalue weighted by Crippen LogP contribution is 2.19. The van der Waals surface area contributed by atoms with E-state index < -0.39 is 0 Å². The topological polar surface area (TPSA) is 36.4 Å². The average molecular weight is 353 g/mol. The maximum Gasteiger partial charge on any atom is 0.256 e. The Morgan fingerprint density at radius 1 is 1.12 bits per heavy atom. The maximum atomic E-state index is 12.7. The summed E-state index contributed by atoms with van der Waals surface area (Å²) < 4.78 is 0. The van der Waals surface area contributed by atoms with Gasteiger partial charge < -0.3 is 4.90 Å². The maximum absolute atomic E-state index is 12.7. The zero-order chi connectivity index (χ0) is 17.5. The number of pyridine rings is 1. The smallest absolute Gasteiger partial charge is 0.256 e. The van der Waals surface area contributed by atoms with Crippen LogP contribution in [0.5, 0.6) is 0 Å². The number of nitrogens with zero attached hydrogens (tertiary/aromatic N) is 3. The van der Waals surface area contributed by atoms with Crippen LogP contribution in [0, 0.1) is 0 Å². The Morgan fingerprint density at radius 3 is 2.60 bits per heavy atom. The molecule has 1 aromatic carbocycles. The van der Waals surface area contributed by atoms with E-state index in [0.29, 0.717) is 5.56 Å². The number of carbonyl (C=O) groups is 1. The molecular weight excluding hydrogens is 330 g/mol. The van der Waals surface area contributed by atoms with Crippen LogP contribution in [0.4, 0.5) is 0 Å². The Balaban J connectivity index is 1.51. The summed E-state index contributed by atoms with van der Waals surface area (Å²) in [6.07, 6.45) is 8.04. The van der Waals surface area contributed by atoms with Gasteiger partial charge in [-0.2, -0.15) is 0 Å². The van der Waals surface area contributed by atoms with Crippen molar-refractivity contribution in [3.05, 3.63) is 65.9 Å². The molecule has 5 heteroatoms. The second-order valence-corrected chi connectivity index (χ2v) is 6.76. The number of aromatic nitrogens is 1. The summed E-state index contributed by atoms with van der Waals surface area (Å²) in [6.45, 7) is 4.25. The molecule has 0 unspecified atom stereocenters. The number of thioether (sulfide) groups is 1. The predicted octanol–water partition coefficient (Wildman–Crippen LogP) is 3.27. The molecule has 0 N–H and O–H groups in total. The summed E-state index contributed by atoms with van der Waals surface area (Å²) in [7, 11) is 0. The highest BCUT2D eigenvalue weighted by molar-refractivity contribution is 7.98. The lowest BCUT2D eigenvalue weighted by Crippen LogP contribution is -2.48. The Morgan fingerprint density at radius 2 is 1.88 bits per heavy atom. The largest absolute Gasteiger partial charge is 0.336 e. The molecule has 25 heavy (non-hydrogen) atoms. The van der Waals surface area contributed by atoms with E-state index in [4.69, 9.17) is 0 Å². The minimum Gasteiger partial charge on any atom is -0.336 e. The third-order valence-corrected chi connectivity index (χ3v) is 5.04. The van der Waals surface area contributed by atoms with Gasteiger partial charge in [0.1, 0.15) is 5.03 Å². The van der Waals surface area contributed by atoms with Crippen molar-refractivity contribution in [2.45, 2.75) is 5.03 Å². The monoisotopic (exact) mass is 353 g/mol. The van der Waals surface area contributed by atoms with Crippen molar-refractivity contribution in [1.82, 2.24) is 14.8 Å². The van der Waals surface area contributed by atoms with Crippen molar-refractivity contribution in [3.63, 3.8) is 0 Å². The van der Waals surface area contributed by atoms with E-state index in [1.165, 1.54) is 17.3 Å². The van der Waals surface area contributed by atoms with E-state index in [9.17, 15) is 4.79 Å². The van der Waals surface area contributed by atoms with Crippen LogP contribution in [0.1, 0.15) is 15.9 Å². The van der Waals surface area contributed by atoms with Crippen LogP contribution in [0.2, 0.25) is 0 Å². The van der Waals surface area contributed by atoms with Gasteiger partial charge in [-0.3, -0.25) is 9.69 Å². The second kappa shape index (κ2) is 8.83. The van der Waals surface area contributed by atoms with Crippen LogP contribution in [0.15, 0.2) is 59.8 Å². The Kier molecular flexibility index (Phi) is 6.25. The summed E-state index contributed by atoms with van der Waals surface area (Å²) in [5.41, 5.74) is 1.94. The molecule has 130 valence electrons. The van der Waals surface area contributed by atoms with E-state index in [1.807, 2.05) is 41.5 Å². The average Bonchev–Trinajstić information content (AvgIpc) is 2.69. The number of hydrogen-bond donors (Lipinski definition) is 0. The Hall–Kier alpha value is -2.11. The van der Waals surface area contributed by atoms with Crippen molar-refractivity contribution in [3.8, 4) is 0 Å². The lowest BCUT2D eigenvalue weighted by atomic mass is 10.2. The summed E-state index contributed by atoms with van der Waals surface area (Å²) in [5, 5.41) is 0.806. The van der Waals surface area contributed by atoms with Gasteiger partial charge in [-0.25, -0.2) is 4.98 Å². The fourth-order valence-electron chi connectivity index (χ4n) is 2.92. The normalized spacial score (nSPS) is 15.6. The number of amides is 1. The number of rotatable bonds is 5. The van der Waals surface area contributed by atoms with Gasteiger partial charge in [-0.1, -0.05) is 42.5 Å². The van der Waals surface area contributed by atoms with Gasteiger partial charge in [0, 0.05) is 38.9 Å². The van der Waals surface area contributed by atoms with Crippen LogP contribution in [-0.2, 0) is 0 Å². The second-order valence-electron chi connectivity index (χ2n) is 5.97. The van der Waals surface area contributed by atoms with Gasteiger partial charge in [-0.15, -0.1) is 11.8 Å². The standard InChI is InChI=1S/C20H23N3OS/c1-25-19-18(10-5-11-21-19)20(24)23-15-13-22(14-16-23)12-6-9-17-7-3-2-4-8-17/h2-11H,12-16H2,1H3. The highest BCUT2D eigenvalue weighted by Gasteiger charge is 2.23. The first kappa shape index (κ1) is 17.7. The van der Waals surface area contributed by atoms with Gasteiger partial charge in [-0.05, 0) is 24.0 Å². The minimum absolute atomic E-state index is 0.0944. The van der Waals surface area contributed by atoms with E-state index in [-0.39, 0.29) is 5.91 Å². The molecule has 1 amide bonds. The molecule has 1 aromatic heterocycles. The van der Waals surface area contributed by atoms with Crippen LogP contribution < -0.4 is 0 Å². The zero-order valence-electron chi connectivity index (χ0n) is 14.5. The van der Waals surface area contributed by atoms with Gasteiger partial charge >= 0.3 is 0 Å². The Labute approximate surface area is 153 Å². The number of carbonyl (C=O) groups excluding carboxylic acids is 1. The molecule has 1 aliphatic heterocycles. The van der Waals surface area contributed by atoms with E-state index >= 15 is 0 Å². The third kappa shape index (κ3) is 4.71. The highest BCUT2D eigenvalue weighted by atomic mass is 32.2. The number of hydrogen-bond acceptors (Lipinski definition) is 4. The molecule has 0 saturated carbocycles. The molecule has 0 spiro atoms. The molecule has 0 atom stereocenters. The lowest BCUT2D eigenvalue weighted by Gasteiger charge is -2.34. The number of benzene rings is 1. The molecule has 2 aromatic rings. The zero-order valence-corrected chi connectivity index (χ0v) is 15.3. The molecule has 1 aliphatic rings. The van der Waals surface area contributed by atoms with E-state index in [0.717, 1.165) is 37.7 Å². The molecule has 0 radical (unpaired) electrons. The van der Waals surface area contributed by atoms with Gasteiger partial charge in [0.15, 0.2) is 0 Å². The molecule has 0 bridgehead atoms. The first-order valence-electron chi connectivity index (χ1n) is 8.50. The van der Waals surface area contributed by atoms with Crippen LogP contribution in [0.3, 0.4) is 0 Å². The fourth-order valence-corrected chi connectivity index (χ4v) is 3.46. The summed E-state index contributed by atoms with van der Waals surface area (Å²) >= 11 is 1.52. The summed E-state index contributed by atoms with van der Waals surface area (Å²) in [5.74, 6) is 0.0944. The predicted molar refractivity (Wildman–Crippen MR) is 104 cm³/mol. The van der Waals surface area contributed by atoms with Crippen molar-refractivity contribution < 1.29 is 4.79 Å². The molecule has 3 rings (SSSR count). The first-order chi connectivity index (χ1) is 12.3. The molecule has 2 heterocycles. The SMILES string of the molecule is CSc1ncccc1C(=O)N1CCN(CC=Cc2ccccc2)CC1. The van der Waals surface area contributed by atoms with Crippen LogP contribution >= 0.6 is 11.8 Å². The van der Waals surface area contributed by atoms with Crippen molar-refractivity contribution in [1.29, 1.82) is 0 Å². The molecule has 0 aliphatic carbocycles. The summed E-state index contributed by atoms with van der Waals surface area (Å²) in [4.78, 5) is 21.3. The van der Waals surface area contributed by atoms with E-state index in [2.05, 4.69) is 34.2 Å². The fraction of sp³-hybridized carbons (Fsp3) is 0.300. The lowest BCUT2D eigenvalue weighted by molar-refractivity contribution is 0.0646. The van der Waals surface area contributed by atoms with Gasteiger partial charge in [0.2, 0.25) is 0 Å². The van der Waals surface area contributed by atoms with Gasteiger partial charge in [0.05, 0.1) is 5.56 Å². The summed E-state index contributed by atoms with van der Waals surface area (Å²) in [6, 6.07) is 14.0. The van der Waals surface area contributed by atoms with Crippen LogP contribution in [-0.4, -0.2) is 59.7 Å². The molecular formula is C20H23N3OS. The molecule has 1 fully saturated rings. The Bertz CT molecular complexity index is 725. The quantitative estimate of drug-likeness (QED) is 0.773. The molecule has 4 nitrogen and oxygen atoms in total. The van der Waals surface area contributed by atoms with Crippen molar-refractivity contribution in [2.75, 3.05) is 39.0 Å². The van der Waals surface area contributed by atoms with E-state index in [1.54, 1.807) is 6.20 Å². The van der Waals surface area contributed by atoms with Crippen molar-refractivity contribution in [2.24, 2.45) is 0 Å². The van der Waals surface area contributed by atoms with Gasteiger partial charge in [0.25, 0.3) is 5.91 Å². The minimum atomic E-state index is 0.0944.